The first-order chi connectivity index (χ1) is 9.41. The predicted octanol–water partition coefficient (Wildman–Crippen LogP) is 5.45. The molecule has 0 unspecified atom stereocenters. The van der Waals surface area contributed by atoms with E-state index in [1.807, 2.05) is 19.9 Å². The highest BCUT2D eigenvalue weighted by Gasteiger charge is 2.18. The van der Waals surface area contributed by atoms with Gasteiger partial charge in [-0.2, -0.15) is 0 Å². The number of halogens is 1. The van der Waals surface area contributed by atoms with Crippen LogP contribution in [0.2, 0.25) is 0 Å². The number of aromatic hydroxyl groups is 1. The topological polar surface area (TPSA) is 20.2 Å². The van der Waals surface area contributed by atoms with Gasteiger partial charge in [-0.25, -0.2) is 4.39 Å². The van der Waals surface area contributed by atoms with Gasteiger partial charge in [0.15, 0.2) is 0 Å². The molecule has 106 valence electrons. The summed E-state index contributed by atoms with van der Waals surface area (Å²) in [4.78, 5) is 0. The molecule has 0 atom stereocenters. The molecule has 0 amide bonds. The minimum absolute atomic E-state index is 0.116. The molecule has 0 heterocycles. The molecule has 0 aliphatic rings. The molecule has 2 aromatic rings. The van der Waals surface area contributed by atoms with Crippen LogP contribution in [0.1, 0.15) is 50.7 Å². The van der Waals surface area contributed by atoms with Crippen molar-refractivity contribution in [3.05, 3.63) is 53.3 Å². The Morgan fingerprint density at radius 3 is 2.15 bits per heavy atom. The van der Waals surface area contributed by atoms with Crippen molar-refractivity contribution in [1.29, 1.82) is 0 Å². The summed E-state index contributed by atoms with van der Waals surface area (Å²) in [6, 6.07) is 10.5. The molecule has 0 aliphatic heterocycles. The third-order valence-electron chi connectivity index (χ3n) is 3.61. The number of phenolic OH excluding ortho intramolecular Hbond substituents is 1. The van der Waals surface area contributed by atoms with Gasteiger partial charge in [-0.05, 0) is 35.1 Å². The molecule has 0 saturated carbocycles. The van der Waals surface area contributed by atoms with Gasteiger partial charge in [0.1, 0.15) is 11.6 Å². The van der Waals surface area contributed by atoms with Crippen LogP contribution in [0.5, 0.6) is 5.75 Å². The second kappa shape index (κ2) is 5.66. The first-order valence-corrected chi connectivity index (χ1v) is 7.03. The van der Waals surface area contributed by atoms with Gasteiger partial charge in [0.25, 0.3) is 0 Å². The molecule has 0 radical (unpaired) electrons. The summed E-state index contributed by atoms with van der Waals surface area (Å²) in [6.45, 7) is 8.20. The summed E-state index contributed by atoms with van der Waals surface area (Å²) >= 11 is 0. The molecule has 20 heavy (non-hydrogen) atoms. The van der Waals surface area contributed by atoms with Crippen LogP contribution in [-0.2, 0) is 0 Å². The van der Waals surface area contributed by atoms with Crippen molar-refractivity contribution in [2.75, 3.05) is 0 Å². The highest BCUT2D eigenvalue weighted by molar-refractivity contribution is 5.74. The highest BCUT2D eigenvalue weighted by atomic mass is 19.1. The Balaban J connectivity index is 2.73. The zero-order chi connectivity index (χ0) is 14.9. The molecule has 1 N–H and O–H groups in total. The lowest BCUT2D eigenvalue weighted by atomic mass is 9.88. The van der Waals surface area contributed by atoms with E-state index in [9.17, 15) is 9.50 Å². The van der Waals surface area contributed by atoms with Crippen molar-refractivity contribution < 1.29 is 9.50 Å². The van der Waals surface area contributed by atoms with Gasteiger partial charge in [0, 0.05) is 11.1 Å². The van der Waals surface area contributed by atoms with Crippen LogP contribution in [0.4, 0.5) is 4.39 Å². The molecule has 2 aromatic carbocycles. The quantitative estimate of drug-likeness (QED) is 0.788. The third kappa shape index (κ3) is 2.69. The van der Waals surface area contributed by atoms with Crippen LogP contribution >= 0.6 is 0 Å². The van der Waals surface area contributed by atoms with Crippen LogP contribution in [0.15, 0.2) is 36.4 Å². The second-order valence-corrected chi connectivity index (χ2v) is 5.79. The maximum absolute atomic E-state index is 14.6. The fraction of sp³-hybridized carbons (Fsp3) is 0.333. The smallest absolute Gasteiger partial charge is 0.131 e. The molecule has 0 bridgehead atoms. The largest absolute Gasteiger partial charge is 0.507 e. The van der Waals surface area contributed by atoms with Crippen molar-refractivity contribution in [1.82, 2.24) is 0 Å². The van der Waals surface area contributed by atoms with Crippen LogP contribution in [0.25, 0.3) is 11.1 Å². The van der Waals surface area contributed by atoms with Gasteiger partial charge in [-0.1, -0.05) is 52.0 Å². The van der Waals surface area contributed by atoms with Gasteiger partial charge in [-0.3, -0.25) is 0 Å². The molecule has 0 aromatic heterocycles. The monoisotopic (exact) mass is 272 g/mol. The lowest BCUT2D eigenvalue weighted by molar-refractivity contribution is 0.476. The van der Waals surface area contributed by atoms with Crippen molar-refractivity contribution in [3.8, 4) is 16.9 Å². The van der Waals surface area contributed by atoms with Gasteiger partial charge in [-0.15, -0.1) is 0 Å². The van der Waals surface area contributed by atoms with Crippen molar-refractivity contribution in [2.45, 2.75) is 39.5 Å². The first-order valence-electron chi connectivity index (χ1n) is 7.03. The summed E-state index contributed by atoms with van der Waals surface area (Å²) in [5, 5.41) is 10.0. The molecule has 2 rings (SSSR count). The second-order valence-electron chi connectivity index (χ2n) is 5.79. The van der Waals surface area contributed by atoms with Crippen molar-refractivity contribution in [3.63, 3.8) is 0 Å². The molecular formula is C18H21FO. The van der Waals surface area contributed by atoms with E-state index in [2.05, 4.69) is 19.9 Å². The minimum Gasteiger partial charge on any atom is -0.507 e. The van der Waals surface area contributed by atoms with Crippen LogP contribution in [0, 0.1) is 5.82 Å². The molecule has 0 saturated heterocycles. The molecule has 2 heteroatoms. The summed E-state index contributed by atoms with van der Waals surface area (Å²) in [5.74, 6) is 0.324. The summed E-state index contributed by atoms with van der Waals surface area (Å²) in [7, 11) is 0. The lowest BCUT2D eigenvalue weighted by Crippen LogP contribution is -2.00. The Morgan fingerprint density at radius 1 is 0.950 bits per heavy atom. The van der Waals surface area contributed by atoms with Gasteiger partial charge in [0.05, 0.1) is 0 Å². The molecule has 1 nitrogen and oxygen atoms in total. The maximum atomic E-state index is 14.6. The van der Waals surface area contributed by atoms with E-state index in [0.717, 1.165) is 11.1 Å². The van der Waals surface area contributed by atoms with E-state index in [4.69, 9.17) is 0 Å². The van der Waals surface area contributed by atoms with Crippen LogP contribution in [-0.4, -0.2) is 5.11 Å². The zero-order valence-electron chi connectivity index (χ0n) is 12.4. The normalized spacial score (nSPS) is 11.3. The number of para-hydroxylation sites is 1. The molecular weight excluding hydrogens is 251 g/mol. The van der Waals surface area contributed by atoms with E-state index in [0.29, 0.717) is 11.1 Å². The minimum atomic E-state index is -0.263. The summed E-state index contributed by atoms with van der Waals surface area (Å²) in [5.41, 5.74) is 3.01. The Bertz CT molecular complexity index is 615. The van der Waals surface area contributed by atoms with Crippen molar-refractivity contribution >= 4 is 0 Å². The Kier molecular flexibility index (Phi) is 4.12. The fourth-order valence-electron chi connectivity index (χ4n) is 2.41. The number of hydrogen-bond donors (Lipinski definition) is 1. The number of phenols is 1. The number of rotatable bonds is 3. The van der Waals surface area contributed by atoms with Gasteiger partial charge >= 0.3 is 0 Å². The van der Waals surface area contributed by atoms with Gasteiger partial charge in [0.2, 0.25) is 0 Å². The van der Waals surface area contributed by atoms with E-state index in [1.165, 1.54) is 0 Å². The number of hydrogen-bond acceptors (Lipinski definition) is 1. The van der Waals surface area contributed by atoms with E-state index < -0.39 is 0 Å². The Morgan fingerprint density at radius 2 is 1.60 bits per heavy atom. The highest BCUT2D eigenvalue weighted by Crippen LogP contribution is 2.38. The number of benzene rings is 2. The average Bonchev–Trinajstić information content (AvgIpc) is 2.38. The van der Waals surface area contributed by atoms with E-state index >= 15 is 0 Å². The summed E-state index contributed by atoms with van der Waals surface area (Å²) < 4.78 is 14.6. The van der Waals surface area contributed by atoms with E-state index in [-0.39, 0.29) is 23.4 Å². The maximum Gasteiger partial charge on any atom is 0.131 e. The first kappa shape index (κ1) is 14.6. The fourth-order valence-corrected chi connectivity index (χ4v) is 2.41. The molecule has 0 fully saturated rings. The Hall–Kier alpha value is -1.83. The standard InChI is InChI=1S/C18H21FO/c1-11(2)13-9-15(12(3)4)18(16(19)10-13)14-7-5-6-8-17(14)20/h5-12,20H,1-4H3. The molecule has 0 aliphatic carbocycles. The molecule has 0 spiro atoms. The SMILES string of the molecule is CC(C)c1cc(F)c(-c2ccccc2O)c(C(C)C)c1. The van der Waals surface area contributed by atoms with Gasteiger partial charge < -0.3 is 5.11 Å². The lowest BCUT2D eigenvalue weighted by Gasteiger charge is -2.18. The van der Waals surface area contributed by atoms with Crippen LogP contribution in [0.3, 0.4) is 0 Å². The average molecular weight is 272 g/mol. The Labute approximate surface area is 120 Å². The summed E-state index contributed by atoms with van der Waals surface area (Å²) in [6.07, 6.45) is 0. The predicted molar refractivity (Wildman–Crippen MR) is 81.7 cm³/mol. The zero-order valence-corrected chi connectivity index (χ0v) is 12.4. The third-order valence-corrected chi connectivity index (χ3v) is 3.61. The van der Waals surface area contributed by atoms with Crippen LogP contribution < -0.4 is 0 Å². The van der Waals surface area contributed by atoms with Crippen molar-refractivity contribution in [2.24, 2.45) is 0 Å². The van der Waals surface area contributed by atoms with E-state index in [1.54, 1.807) is 24.3 Å².